The number of alkyl halides is 2. The molecule has 1 unspecified atom stereocenters. The van der Waals surface area contributed by atoms with Crippen LogP contribution in [0.25, 0.3) is 10.9 Å². The Labute approximate surface area is 231 Å². The van der Waals surface area contributed by atoms with Crippen LogP contribution in [0.1, 0.15) is 29.6 Å². The maximum atomic E-state index is 14.0. The fourth-order valence-corrected chi connectivity index (χ4v) is 5.59. The third-order valence-corrected chi connectivity index (χ3v) is 7.96. The molecule has 1 atom stereocenters. The second-order valence-electron chi connectivity index (χ2n) is 10.3. The van der Waals surface area contributed by atoms with E-state index >= 15 is 0 Å². The van der Waals surface area contributed by atoms with Crippen molar-refractivity contribution < 1.29 is 35.4 Å². The van der Waals surface area contributed by atoms with Gasteiger partial charge in [-0.1, -0.05) is 0 Å². The second kappa shape index (κ2) is 12.7. The molecule has 2 fully saturated rings. The highest BCUT2D eigenvalue weighted by molar-refractivity contribution is 7.86. The third-order valence-electron chi connectivity index (χ3n) is 7.23. The highest BCUT2D eigenvalue weighted by atomic mass is 32.3. The molecule has 0 spiro atoms. The molecule has 2 aromatic rings. The van der Waals surface area contributed by atoms with Crippen LogP contribution in [0.2, 0.25) is 0 Å². The van der Waals surface area contributed by atoms with Gasteiger partial charge in [0.25, 0.3) is 11.8 Å². The van der Waals surface area contributed by atoms with Gasteiger partial charge in [-0.15, -0.1) is 3.89 Å². The molecule has 1 aromatic heterocycles. The summed E-state index contributed by atoms with van der Waals surface area (Å²) in [5.41, 5.74) is 0.767. The Kier molecular flexibility index (Phi) is 9.52. The topological polar surface area (TPSA) is 112 Å². The van der Waals surface area contributed by atoms with E-state index < -0.39 is 65.7 Å². The standard InChI is InChI=1S/C26H34F3N5O5S/c1-32-9-11-33(12-10-32)8-2-13-39-20-3-4-23-22(15-20)21(5-7-30-23)25(36)31-17-24(35)34-18-26(27,28)16-19(34)6-14-40(29,37)38/h3-5,7,15,19H,2,6,8-14,16-18H2,1H3,(H,31,36). The van der Waals surface area contributed by atoms with Gasteiger partial charge < -0.3 is 24.8 Å². The summed E-state index contributed by atoms with van der Waals surface area (Å²) in [6, 6.07) is 5.52. The minimum absolute atomic E-state index is 0.229. The maximum absolute atomic E-state index is 14.0. The Balaban J connectivity index is 1.34. The smallest absolute Gasteiger partial charge is 0.302 e. The number of ether oxygens (including phenoxy) is 1. The van der Waals surface area contributed by atoms with Crippen LogP contribution >= 0.6 is 0 Å². The van der Waals surface area contributed by atoms with Gasteiger partial charge in [0.1, 0.15) is 5.75 Å². The lowest BCUT2D eigenvalue weighted by molar-refractivity contribution is -0.132. The fraction of sp³-hybridized carbons (Fsp3) is 0.577. The number of piperazine rings is 1. The Morgan fingerprint density at radius 1 is 1.18 bits per heavy atom. The Hall–Kier alpha value is -2.97. The summed E-state index contributed by atoms with van der Waals surface area (Å²) >= 11 is 0. The zero-order valence-electron chi connectivity index (χ0n) is 22.3. The van der Waals surface area contributed by atoms with Gasteiger partial charge in [0.15, 0.2) is 0 Å². The van der Waals surface area contributed by atoms with Crippen molar-refractivity contribution in [2.24, 2.45) is 0 Å². The molecule has 14 heteroatoms. The van der Waals surface area contributed by atoms with Crippen LogP contribution in [0.15, 0.2) is 30.5 Å². The molecule has 0 saturated carbocycles. The summed E-state index contributed by atoms with van der Waals surface area (Å²) in [6.45, 7) is 4.07. The largest absolute Gasteiger partial charge is 0.494 e. The van der Waals surface area contributed by atoms with E-state index in [9.17, 15) is 30.7 Å². The van der Waals surface area contributed by atoms with Crippen molar-refractivity contribution in [3.63, 3.8) is 0 Å². The van der Waals surface area contributed by atoms with Gasteiger partial charge in [0, 0.05) is 56.8 Å². The van der Waals surface area contributed by atoms with Gasteiger partial charge in [-0.25, -0.2) is 8.78 Å². The summed E-state index contributed by atoms with van der Waals surface area (Å²) in [4.78, 5) is 35.4. The number of likely N-dealkylation sites (N-methyl/N-ethyl adjacent to an activating group) is 1. The van der Waals surface area contributed by atoms with Crippen molar-refractivity contribution in [1.29, 1.82) is 0 Å². The number of aromatic nitrogens is 1. The third kappa shape index (κ3) is 8.27. The van der Waals surface area contributed by atoms with E-state index in [1.54, 1.807) is 18.2 Å². The number of halogens is 3. The Morgan fingerprint density at radius 3 is 2.65 bits per heavy atom. The highest BCUT2D eigenvalue weighted by Crippen LogP contribution is 2.34. The van der Waals surface area contributed by atoms with Gasteiger partial charge in [0.05, 0.1) is 36.5 Å². The normalized spacial score (nSPS) is 20.1. The molecule has 3 heterocycles. The van der Waals surface area contributed by atoms with Crippen molar-refractivity contribution in [2.75, 3.05) is 65.2 Å². The summed E-state index contributed by atoms with van der Waals surface area (Å²) in [5.74, 6) is -5.05. The number of rotatable bonds is 11. The number of benzene rings is 1. The van der Waals surface area contributed by atoms with Crippen LogP contribution in [0.4, 0.5) is 12.7 Å². The molecule has 2 aliphatic rings. The van der Waals surface area contributed by atoms with Crippen LogP contribution < -0.4 is 10.1 Å². The number of likely N-dealkylation sites (tertiary alicyclic amines) is 1. The highest BCUT2D eigenvalue weighted by Gasteiger charge is 2.46. The number of amides is 2. The molecule has 1 aromatic carbocycles. The molecular formula is C26H34F3N5O5S. The zero-order chi connectivity index (χ0) is 28.9. The van der Waals surface area contributed by atoms with Crippen molar-refractivity contribution in [2.45, 2.75) is 31.2 Å². The SMILES string of the molecule is CN1CCN(CCCOc2ccc3nccc(C(=O)NCC(=O)N4CC(F)(F)CC4CCS(=O)(=O)F)c3c2)CC1. The quantitative estimate of drug-likeness (QED) is 0.315. The van der Waals surface area contributed by atoms with E-state index in [0.29, 0.717) is 23.3 Å². The van der Waals surface area contributed by atoms with Gasteiger partial charge in [-0.05, 0) is 44.2 Å². The van der Waals surface area contributed by atoms with Crippen molar-refractivity contribution >= 4 is 32.9 Å². The van der Waals surface area contributed by atoms with Crippen molar-refractivity contribution in [1.82, 2.24) is 25.0 Å². The van der Waals surface area contributed by atoms with Gasteiger partial charge >= 0.3 is 10.2 Å². The van der Waals surface area contributed by atoms with Crippen LogP contribution in [0, 0.1) is 0 Å². The van der Waals surface area contributed by atoms with Crippen LogP contribution in [-0.2, 0) is 15.0 Å². The molecule has 1 N–H and O–H groups in total. The van der Waals surface area contributed by atoms with E-state index in [2.05, 4.69) is 27.1 Å². The molecule has 40 heavy (non-hydrogen) atoms. The summed E-state index contributed by atoms with van der Waals surface area (Å²) < 4.78 is 68.5. The predicted molar refractivity (Wildman–Crippen MR) is 143 cm³/mol. The van der Waals surface area contributed by atoms with E-state index in [4.69, 9.17) is 4.74 Å². The number of fused-ring (bicyclic) bond motifs is 1. The molecule has 4 rings (SSSR count). The zero-order valence-corrected chi connectivity index (χ0v) is 23.1. The van der Waals surface area contributed by atoms with Gasteiger partial charge in [0.2, 0.25) is 5.91 Å². The lowest BCUT2D eigenvalue weighted by Crippen LogP contribution is -2.44. The molecule has 0 aliphatic carbocycles. The van der Waals surface area contributed by atoms with E-state index in [1.807, 2.05) is 0 Å². The number of nitrogens with zero attached hydrogens (tertiary/aromatic N) is 4. The number of pyridine rings is 1. The molecule has 2 aliphatic heterocycles. The Bertz CT molecular complexity index is 1320. The number of nitrogens with one attached hydrogen (secondary N) is 1. The lowest BCUT2D eigenvalue weighted by atomic mass is 10.1. The van der Waals surface area contributed by atoms with E-state index in [-0.39, 0.29) is 5.56 Å². The minimum Gasteiger partial charge on any atom is -0.494 e. The molecule has 0 bridgehead atoms. The first-order chi connectivity index (χ1) is 18.9. The summed E-state index contributed by atoms with van der Waals surface area (Å²) in [7, 11) is -2.76. The number of carbonyl (C=O) groups excluding carboxylic acids is 2. The van der Waals surface area contributed by atoms with E-state index in [1.165, 1.54) is 12.3 Å². The molecule has 0 radical (unpaired) electrons. The molecule has 10 nitrogen and oxygen atoms in total. The maximum Gasteiger partial charge on any atom is 0.302 e. The van der Waals surface area contributed by atoms with Crippen LogP contribution in [0.5, 0.6) is 5.75 Å². The average molecular weight is 586 g/mol. The molecule has 2 amide bonds. The van der Waals surface area contributed by atoms with Crippen molar-refractivity contribution in [3.8, 4) is 5.75 Å². The average Bonchev–Trinajstić information content (AvgIpc) is 3.23. The predicted octanol–water partition coefficient (Wildman–Crippen LogP) is 1.91. The van der Waals surface area contributed by atoms with E-state index in [0.717, 1.165) is 44.0 Å². The lowest BCUT2D eigenvalue weighted by Gasteiger charge is -2.32. The number of carbonyl (C=O) groups is 2. The molecule has 2 saturated heterocycles. The van der Waals surface area contributed by atoms with Gasteiger partial charge in [-0.2, -0.15) is 8.42 Å². The van der Waals surface area contributed by atoms with Gasteiger partial charge in [-0.3, -0.25) is 14.6 Å². The first kappa shape index (κ1) is 30.0. The monoisotopic (exact) mass is 585 g/mol. The Morgan fingerprint density at radius 2 is 1.93 bits per heavy atom. The second-order valence-corrected chi connectivity index (χ2v) is 11.8. The minimum atomic E-state index is -4.87. The first-order valence-electron chi connectivity index (χ1n) is 13.2. The summed E-state index contributed by atoms with van der Waals surface area (Å²) in [5, 5.41) is 2.96. The van der Waals surface area contributed by atoms with Crippen molar-refractivity contribution in [3.05, 3.63) is 36.0 Å². The fourth-order valence-electron chi connectivity index (χ4n) is 5.04. The summed E-state index contributed by atoms with van der Waals surface area (Å²) in [6.07, 6.45) is 1.07. The van der Waals surface area contributed by atoms with Crippen LogP contribution in [-0.4, -0.2) is 117 Å². The molecule has 220 valence electrons. The number of hydrogen-bond acceptors (Lipinski definition) is 8. The number of hydrogen-bond donors (Lipinski definition) is 1. The molecular weight excluding hydrogens is 551 g/mol. The first-order valence-corrected chi connectivity index (χ1v) is 14.8. The van der Waals surface area contributed by atoms with Crippen LogP contribution in [0.3, 0.4) is 0 Å².